The van der Waals surface area contributed by atoms with E-state index in [1.807, 2.05) is 36.5 Å². The van der Waals surface area contributed by atoms with E-state index in [9.17, 15) is 9.59 Å². The van der Waals surface area contributed by atoms with E-state index in [1.165, 1.54) is 5.39 Å². The molecule has 0 bridgehead atoms. The molecule has 0 spiro atoms. The highest BCUT2D eigenvalue weighted by atomic mass is 16.4. The van der Waals surface area contributed by atoms with E-state index < -0.39 is 5.97 Å². The van der Waals surface area contributed by atoms with Crippen LogP contribution in [0.2, 0.25) is 0 Å². The predicted molar refractivity (Wildman–Crippen MR) is 78.8 cm³/mol. The first-order chi connectivity index (χ1) is 10.1. The second-order valence-corrected chi connectivity index (χ2v) is 5.59. The number of aromatic nitrogens is 1. The lowest BCUT2D eigenvalue weighted by Crippen LogP contribution is -2.46. The highest BCUT2D eigenvalue weighted by molar-refractivity contribution is 5.81. The number of nitrogens with one attached hydrogen (secondary N) is 1. The molecule has 1 amide bonds. The van der Waals surface area contributed by atoms with Crippen LogP contribution in [0.3, 0.4) is 0 Å². The molecule has 0 atom stereocenters. The Morgan fingerprint density at radius 1 is 1.24 bits per heavy atom. The Hall–Kier alpha value is -2.30. The lowest BCUT2D eigenvalue weighted by molar-refractivity contribution is -0.146. The van der Waals surface area contributed by atoms with Gasteiger partial charge in [-0.2, -0.15) is 0 Å². The van der Waals surface area contributed by atoms with Gasteiger partial charge >= 0.3 is 5.97 Å². The summed E-state index contributed by atoms with van der Waals surface area (Å²) < 4.78 is 2.07. The van der Waals surface area contributed by atoms with E-state index in [4.69, 9.17) is 5.11 Å². The van der Waals surface area contributed by atoms with Gasteiger partial charge in [0.15, 0.2) is 0 Å². The van der Waals surface area contributed by atoms with Crippen molar-refractivity contribution in [1.82, 2.24) is 9.88 Å². The second kappa shape index (κ2) is 5.60. The van der Waals surface area contributed by atoms with Crippen molar-refractivity contribution in [3.8, 4) is 0 Å². The van der Waals surface area contributed by atoms with E-state index in [2.05, 4.69) is 9.88 Å². The van der Waals surface area contributed by atoms with Crippen LogP contribution in [0.5, 0.6) is 0 Å². The molecule has 1 aliphatic carbocycles. The minimum absolute atomic E-state index is 0.0124. The number of fused-ring (bicyclic) bond motifs is 1. The van der Waals surface area contributed by atoms with Gasteiger partial charge in [0.05, 0.1) is 5.92 Å². The summed E-state index contributed by atoms with van der Waals surface area (Å²) in [5.41, 5.74) is 1.12. The van der Waals surface area contributed by atoms with E-state index >= 15 is 0 Å². The average Bonchev–Trinajstić information content (AvgIpc) is 2.83. The molecule has 1 heterocycles. The van der Waals surface area contributed by atoms with Crippen molar-refractivity contribution in [3.05, 3.63) is 36.5 Å². The topological polar surface area (TPSA) is 71.3 Å². The minimum Gasteiger partial charge on any atom is -0.481 e. The van der Waals surface area contributed by atoms with Crippen molar-refractivity contribution < 1.29 is 14.7 Å². The number of aryl methyl sites for hydroxylation is 1. The molecule has 0 radical (unpaired) electrons. The molecule has 1 saturated carbocycles. The molecule has 110 valence electrons. The zero-order chi connectivity index (χ0) is 14.8. The van der Waals surface area contributed by atoms with Gasteiger partial charge < -0.3 is 15.0 Å². The number of carboxylic acids is 1. The van der Waals surface area contributed by atoms with Crippen LogP contribution in [-0.2, 0) is 16.1 Å². The van der Waals surface area contributed by atoms with Crippen LogP contribution in [0.25, 0.3) is 10.9 Å². The van der Waals surface area contributed by atoms with Gasteiger partial charge in [0, 0.05) is 30.7 Å². The van der Waals surface area contributed by atoms with Crippen LogP contribution in [0.15, 0.2) is 36.5 Å². The molecular formula is C16H18N2O3. The first-order valence-corrected chi connectivity index (χ1v) is 7.19. The Labute approximate surface area is 122 Å². The summed E-state index contributed by atoms with van der Waals surface area (Å²) in [6.45, 7) is 0.633. The monoisotopic (exact) mass is 286 g/mol. The molecule has 1 aliphatic rings. The molecule has 2 aromatic rings. The van der Waals surface area contributed by atoms with Crippen molar-refractivity contribution in [1.29, 1.82) is 0 Å². The third kappa shape index (κ3) is 2.91. The molecule has 2 N–H and O–H groups in total. The largest absolute Gasteiger partial charge is 0.481 e. The quantitative estimate of drug-likeness (QED) is 0.883. The zero-order valence-electron chi connectivity index (χ0n) is 11.7. The Morgan fingerprint density at radius 2 is 2.00 bits per heavy atom. The molecule has 1 fully saturated rings. The van der Waals surface area contributed by atoms with E-state index in [0.29, 0.717) is 25.8 Å². The maximum atomic E-state index is 11.9. The summed E-state index contributed by atoms with van der Waals surface area (Å²) in [5, 5.41) is 12.9. The standard InChI is InChI=1S/C16H18N2O3/c19-15(17-13-9-12(10-13)16(20)21)6-8-18-7-5-11-3-1-2-4-14(11)18/h1-5,7,12-13H,6,8-10H2,(H,17,19)(H,20,21). The summed E-state index contributed by atoms with van der Waals surface area (Å²) >= 11 is 0. The zero-order valence-corrected chi connectivity index (χ0v) is 11.7. The van der Waals surface area contributed by atoms with Crippen LogP contribution < -0.4 is 5.32 Å². The molecular weight excluding hydrogens is 268 g/mol. The van der Waals surface area contributed by atoms with Crippen molar-refractivity contribution in [2.24, 2.45) is 5.92 Å². The fourth-order valence-corrected chi connectivity index (χ4v) is 2.79. The second-order valence-electron chi connectivity index (χ2n) is 5.59. The molecule has 0 unspecified atom stereocenters. The summed E-state index contributed by atoms with van der Waals surface area (Å²) in [7, 11) is 0. The van der Waals surface area contributed by atoms with Crippen molar-refractivity contribution in [2.45, 2.75) is 31.8 Å². The summed E-state index contributed by atoms with van der Waals surface area (Å²) in [6, 6.07) is 10.1. The van der Waals surface area contributed by atoms with Gasteiger partial charge in [-0.1, -0.05) is 18.2 Å². The number of para-hydroxylation sites is 1. The fourth-order valence-electron chi connectivity index (χ4n) is 2.79. The minimum atomic E-state index is -0.765. The number of benzene rings is 1. The molecule has 0 aliphatic heterocycles. The Morgan fingerprint density at radius 3 is 2.76 bits per heavy atom. The number of carbonyl (C=O) groups excluding carboxylic acids is 1. The molecule has 3 rings (SSSR count). The summed E-state index contributed by atoms with van der Waals surface area (Å²) in [6.07, 6.45) is 3.50. The maximum absolute atomic E-state index is 11.9. The number of amides is 1. The summed E-state index contributed by atoms with van der Waals surface area (Å²) in [5.74, 6) is -1.07. The molecule has 0 saturated heterocycles. The van der Waals surface area contributed by atoms with Crippen LogP contribution in [0.1, 0.15) is 19.3 Å². The van der Waals surface area contributed by atoms with E-state index in [1.54, 1.807) is 0 Å². The normalized spacial score (nSPS) is 21.0. The SMILES string of the molecule is O=C(CCn1ccc2ccccc21)NC1CC(C(=O)O)C1. The number of carboxylic acid groups (broad SMARTS) is 1. The van der Waals surface area contributed by atoms with Gasteiger partial charge in [-0.15, -0.1) is 0 Å². The fraction of sp³-hybridized carbons (Fsp3) is 0.375. The molecule has 21 heavy (non-hydrogen) atoms. The highest BCUT2D eigenvalue weighted by Gasteiger charge is 2.35. The van der Waals surface area contributed by atoms with Gasteiger partial charge in [0.1, 0.15) is 0 Å². The Balaban J connectivity index is 1.49. The van der Waals surface area contributed by atoms with Crippen LogP contribution in [0.4, 0.5) is 0 Å². The first kappa shape index (κ1) is 13.7. The number of aliphatic carboxylic acids is 1. The summed E-state index contributed by atoms with van der Waals surface area (Å²) in [4.78, 5) is 22.6. The number of rotatable bonds is 5. The molecule has 1 aromatic heterocycles. The lowest BCUT2D eigenvalue weighted by atomic mass is 9.80. The Bertz CT molecular complexity index is 671. The maximum Gasteiger partial charge on any atom is 0.306 e. The van der Waals surface area contributed by atoms with Crippen molar-refractivity contribution in [2.75, 3.05) is 0 Å². The van der Waals surface area contributed by atoms with Gasteiger partial charge in [-0.3, -0.25) is 9.59 Å². The average molecular weight is 286 g/mol. The third-order valence-electron chi connectivity index (χ3n) is 4.11. The van der Waals surface area contributed by atoms with Gasteiger partial charge in [0.2, 0.25) is 5.91 Å². The number of nitrogens with zero attached hydrogens (tertiary/aromatic N) is 1. The van der Waals surface area contributed by atoms with Crippen molar-refractivity contribution in [3.63, 3.8) is 0 Å². The number of hydrogen-bond donors (Lipinski definition) is 2. The van der Waals surface area contributed by atoms with Gasteiger partial charge in [0.25, 0.3) is 0 Å². The van der Waals surface area contributed by atoms with Crippen LogP contribution in [0, 0.1) is 5.92 Å². The smallest absolute Gasteiger partial charge is 0.306 e. The molecule has 5 nitrogen and oxygen atoms in total. The van der Waals surface area contributed by atoms with Crippen LogP contribution >= 0.6 is 0 Å². The van der Waals surface area contributed by atoms with Crippen LogP contribution in [-0.4, -0.2) is 27.6 Å². The lowest BCUT2D eigenvalue weighted by Gasteiger charge is -2.32. The molecule has 1 aromatic carbocycles. The highest BCUT2D eigenvalue weighted by Crippen LogP contribution is 2.27. The molecule has 5 heteroatoms. The van der Waals surface area contributed by atoms with E-state index in [0.717, 1.165) is 5.52 Å². The Kier molecular flexibility index (Phi) is 3.64. The first-order valence-electron chi connectivity index (χ1n) is 7.19. The van der Waals surface area contributed by atoms with E-state index in [-0.39, 0.29) is 17.9 Å². The predicted octanol–water partition coefficient (Wildman–Crippen LogP) is 2.01. The number of carbonyl (C=O) groups is 2. The van der Waals surface area contributed by atoms with Gasteiger partial charge in [-0.25, -0.2) is 0 Å². The van der Waals surface area contributed by atoms with Crippen molar-refractivity contribution >= 4 is 22.8 Å². The van der Waals surface area contributed by atoms with Gasteiger partial charge in [-0.05, 0) is 30.4 Å². The third-order valence-corrected chi connectivity index (χ3v) is 4.11. The number of hydrogen-bond acceptors (Lipinski definition) is 2.